The van der Waals surface area contributed by atoms with E-state index in [0.717, 1.165) is 5.56 Å². The number of fused-ring (bicyclic) bond motifs is 1. The van der Waals surface area contributed by atoms with E-state index in [1.165, 1.54) is 24.3 Å². The number of anilines is 1. The van der Waals surface area contributed by atoms with Gasteiger partial charge in [0.1, 0.15) is 11.6 Å². The molecule has 4 rings (SSSR count). The van der Waals surface area contributed by atoms with Crippen molar-refractivity contribution in [1.29, 1.82) is 0 Å². The molecule has 1 atom stereocenters. The summed E-state index contributed by atoms with van der Waals surface area (Å²) in [5.74, 6) is -3.47. The van der Waals surface area contributed by atoms with Crippen LogP contribution in [0.4, 0.5) is 18.9 Å². The van der Waals surface area contributed by atoms with E-state index in [2.05, 4.69) is 10.4 Å². The van der Waals surface area contributed by atoms with E-state index in [-0.39, 0.29) is 29.8 Å². The number of hydrogen-bond acceptors (Lipinski definition) is 5. The van der Waals surface area contributed by atoms with Gasteiger partial charge >= 0.3 is 18.1 Å². The maximum absolute atomic E-state index is 13.5. The number of carbonyl (C=O) groups is 3. The Morgan fingerprint density at radius 2 is 1.67 bits per heavy atom. The summed E-state index contributed by atoms with van der Waals surface area (Å²) in [6.45, 7) is 6.91. The molecular weight excluding hydrogens is 513 g/mol. The first kappa shape index (κ1) is 27.9. The van der Waals surface area contributed by atoms with Gasteiger partial charge in [0.2, 0.25) is 0 Å². The van der Waals surface area contributed by atoms with Crippen LogP contribution in [0.2, 0.25) is 0 Å². The predicted molar refractivity (Wildman–Crippen MR) is 137 cm³/mol. The SMILES string of the molecule is Cc1c2c(nn1Cc1ccccc1)CCN(C(=O)C(F)(F)F)C2C(=O)Nc1ccc(C(=O)OC(C)(C)C)cc1. The van der Waals surface area contributed by atoms with Crippen molar-refractivity contribution in [2.45, 2.75) is 58.5 Å². The van der Waals surface area contributed by atoms with Gasteiger partial charge in [0.15, 0.2) is 0 Å². The minimum atomic E-state index is -5.15. The van der Waals surface area contributed by atoms with E-state index < -0.39 is 35.6 Å². The molecule has 2 heterocycles. The van der Waals surface area contributed by atoms with Crippen molar-refractivity contribution in [3.63, 3.8) is 0 Å². The Labute approximate surface area is 223 Å². The Morgan fingerprint density at radius 1 is 1.03 bits per heavy atom. The first-order valence-corrected chi connectivity index (χ1v) is 12.4. The van der Waals surface area contributed by atoms with Crippen LogP contribution in [0, 0.1) is 6.92 Å². The van der Waals surface area contributed by atoms with E-state index in [1.54, 1.807) is 32.4 Å². The summed E-state index contributed by atoms with van der Waals surface area (Å²) < 4.78 is 47.5. The van der Waals surface area contributed by atoms with Gasteiger partial charge in [-0.15, -0.1) is 0 Å². The number of benzene rings is 2. The Balaban J connectivity index is 1.64. The topological polar surface area (TPSA) is 93.5 Å². The molecule has 3 aromatic rings. The first-order valence-electron chi connectivity index (χ1n) is 12.4. The van der Waals surface area contributed by atoms with Crippen LogP contribution >= 0.6 is 0 Å². The minimum absolute atomic E-state index is 0.0775. The Kier molecular flexibility index (Phi) is 7.54. The third kappa shape index (κ3) is 6.30. The number of rotatable bonds is 5. The molecule has 0 radical (unpaired) electrons. The second kappa shape index (κ2) is 10.5. The number of ether oxygens (including phenoxy) is 1. The van der Waals surface area contributed by atoms with Crippen molar-refractivity contribution >= 4 is 23.5 Å². The van der Waals surface area contributed by atoms with Gasteiger partial charge in [-0.05, 0) is 57.5 Å². The molecule has 1 aliphatic heterocycles. The van der Waals surface area contributed by atoms with Crippen LogP contribution in [0.15, 0.2) is 54.6 Å². The van der Waals surface area contributed by atoms with Crippen LogP contribution in [-0.4, -0.2) is 50.8 Å². The molecule has 1 aliphatic rings. The van der Waals surface area contributed by atoms with Gasteiger partial charge in [-0.25, -0.2) is 4.79 Å². The summed E-state index contributed by atoms with van der Waals surface area (Å²) in [6, 6.07) is 13.6. The van der Waals surface area contributed by atoms with Crippen molar-refractivity contribution in [3.05, 3.63) is 82.7 Å². The molecular formula is C28H29F3N4O4. The smallest absolute Gasteiger partial charge is 0.456 e. The number of nitrogens with zero attached hydrogens (tertiary/aromatic N) is 3. The summed E-state index contributed by atoms with van der Waals surface area (Å²) >= 11 is 0. The molecule has 11 heteroatoms. The van der Waals surface area contributed by atoms with Gasteiger partial charge in [0.05, 0.1) is 17.8 Å². The lowest BCUT2D eigenvalue weighted by Gasteiger charge is -2.35. The number of alkyl halides is 3. The van der Waals surface area contributed by atoms with Gasteiger partial charge in [-0.3, -0.25) is 14.3 Å². The highest BCUT2D eigenvalue weighted by Gasteiger charge is 2.49. The zero-order valence-corrected chi connectivity index (χ0v) is 22.0. The van der Waals surface area contributed by atoms with Gasteiger partial charge in [0, 0.05) is 29.9 Å². The standard InChI is InChI=1S/C28H29F3N4O4/c1-17-22-21(33-35(17)16-18-8-6-5-7-9-18)14-15-34(26(38)28(29,30)31)23(22)24(36)32-20-12-10-19(11-13-20)25(37)39-27(2,3)4/h5-13,23H,14-16H2,1-4H3,(H,32,36). The molecule has 1 aromatic heterocycles. The fraction of sp³-hybridized carbons (Fsp3) is 0.357. The van der Waals surface area contributed by atoms with E-state index in [9.17, 15) is 27.6 Å². The van der Waals surface area contributed by atoms with Crippen molar-refractivity contribution < 1.29 is 32.3 Å². The van der Waals surface area contributed by atoms with Crippen LogP contribution in [-0.2, 0) is 27.3 Å². The Hall–Kier alpha value is -4.15. The molecule has 0 spiro atoms. The third-order valence-corrected chi connectivity index (χ3v) is 6.22. The highest BCUT2D eigenvalue weighted by Crippen LogP contribution is 2.36. The average Bonchev–Trinajstić information content (AvgIpc) is 3.17. The number of amides is 2. The van der Waals surface area contributed by atoms with Gasteiger partial charge in [-0.1, -0.05) is 30.3 Å². The van der Waals surface area contributed by atoms with E-state index in [0.29, 0.717) is 22.8 Å². The molecule has 8 nitrogen and oxygen atoms in total. The fourth-order valence-electron chi connectivity index (χ4n) is 4.48. The largest absolute Gasteiger partial charge is 0.471 e. The van der Waals surface area contributed by atoms with Gasteiger partial charge < -0.3 is 15.0 Å². The number of hydrogen-bond donors (Lipinski definition) is 1. The van der Waals surface area contributed by atoms with Crippen LogP contribution in [0.3, 0.4) is 0 Å². The van der Waals surface area contributed by atoms with Crippen molar-refractivity contribution in [2.75, 3.05) is 11.9 Å². The van der Waals surface area contributed by atoms with Gasteiger partial charge in [-0.2, -0.15) is 18.3 Å². The summed E-state index contributed by atoms with van der Waals surface area (Å²) in [7, 11) is 0. The van der Waals surface area contributed by atoms with Gasteiger partial charge in [0.25, 0.3) is 5.91 Å². The Bertz CT molecular complexity index is 1380. The predicted octanol–water partition coefficient (Wildman–Crippen LogP) is 4.82. The van der Waals surface area contributed by atoms with Crippen molar-refractivity contribution in [1.82, 2.24) is 14.7 Å². The normalized spacial score (nSPS) is 15.5. The second-order valence-corrected chi connectivity index (χ2v) is 10.3. The van der Waals surface area contributed by atoms with Crippen LogP contribution in [0.25, 0.3) is 0 Å². The first-order chi connectivity index (χ1) is 18.2. The Morgan fingerprint density at radius 3 is 2.26 bits per heavy atom. The summed E-state index contributed by atoms with van der Waals surface area (Å²) in [5, 5.41) is 7.17. The number of nitrogens with one attached hydrogen (secondary N) is 1. The molecule has 206 valence electrons. The zero-order chi connectivity index (χ0) is 28.5. The number of aromatic nitrogens is 2. The molecule has 0 saturated carbocycles. The molecule has 0 bridgehead atoms. The molecule has 0 fully saturated rings. The average molecular weight is 543 g/mol. The maximum Gasteiger partial charge on any atom is 0.471 e. The maximum atomic E-state index is 13.5. The lowest BCUT2D eigenvalue weighted by Crippen LogP contribution is -2.50. The van der Waals surface area contributed by atoms with Crippen LogP contribution in [0.1, 0.15) is 59.7 Å². The van der Waals surface area contributed by atoms with Crippen LogP contribution in [0.5, 0.6) is 0 Å². The number of halogens is 3. The molecule has 1 N–H and O–H groups in total. The number of carbonyl (C=O) groups excluding carboxylic acids is 3. The quantitative estimate of drug-likeness (QED) is 0.467. The molecule has 1 unspecified atom stereocenters. The second-order valence-electron chi connectivity index (χ2n) is 10.3. The highest BCUT2D eigenvalue weighted by molar-refractivity contribution is 5.99. The fourth-order valence-corrected chi connectivity index (χ4v) is 4.48. The highest BCUT2D eigenvalue weighted by atomic mass is 19.4. The lowest BCUT2D eigenvalue weighted by molar-refractivity contribution is -0.188. The number of esters is 1. The summed E-state index contributed by atoms with van der Waals surface area (Å²) in [6.07, 6.45) is -5.08. The summed E-state index contributed by atoms with van der Waals surface area (Å²) in [5.41, 5.74) is 1.96. The lowest BCUT2D eigenvalue weighted by atomic mass is 9.95. The summed E-state index contributed by atoms with van der Waals surface area (Å²) in [4.78, 5) is 38.7. The molecule has 2 aromatic carbocycles. The molecule has 2 amide bonds. The zero-order valence-electron chi connectivity index (χ0n) is 22.0. The van der Waals surface area contributed by atoms with Crippen molar-refractivity contribution in [2.24, 2.45) is 0 Å². The van der Waals surface area contributed by atoms with E-state index in [1.807, 2.05) is 30.3 Å². The molecule has 0 saturated heterocycles. The van der Waals surface area contributed by atoms with Crippen LogP contribution < -0.4 is 5.32 Å². The monoisotopic (exact) mass is 542 g/mol. The molecule has 0 aliphatic carbocycles. The minimum Gasteiger partial charge on any atom is -0.456 e. The molecule has 39 heavy (non-hydrogen) atoms. The van der Waals surface area contributed by atoms with E-state index in [4.69, 9.17) is 4.74 Å². The van der Waals surface area contributed by atoms with E-state index >= 15 is 0 Å². The third-order valence-electron chi connectivity index (χ3n) is 6.22. The van der Waals surface area contributed by atoms with Crippen molar-refractivity contribution in [3.8, 4) is 0 Å².